The first-order valence-electron chi connectivity index (χ1n) is 12.9. The zero-order valence-corrected chi connectivity index (χ0v) is 24.0. The topological polar surface area (TPSA) is 12.9 Å². The summed E-state index contributed by atoms with van der Waals surface area (Å²) in [6, 6.07) is 16.1. The summed E-state index contributed by atoms with van der Waals surface area (Å²) in [7, 11) is 0. The Hall–Kier alpha value is -2.48. The predicted molar refractivity (Wildman–Crippen MR) is 152 cm³/mol. The molecule has 0 spiro atoms. The molecule has 0 bridgehead atoms. The van der Waals surface area contributed by atoms with Crippen LogP contribution in [0, 0.1) is 33.5 Å². The molecule has 0 unspecified atom stereocenters. The van der Waals surface area contributed by atoms with Gasteiger partial charge >= 0.3 is 0 Å². The summed E-state index contributed by atoms with van der Waals surface area (Å²) >= 11 is 0. The molecule has 0 aliphatic rings. The third kappa shape index (κ3) is 13.9. The standard InChI is InChI=1S/C10H14.C9H11F.C9H13N.2C2H6/c1-4-10-6-5-8(2)7-9(10)3;1-3-8-5-4-7(2)6-9(8)10;1-7(2)9-5-4-8(3)10-6-9;2*1-2/h5-7H,4H2,1-3H3;4-6H,3H2,1-2H3;4-7H,1-3H3;2*1-2H3. The van der Waals surface area contributed by atoms with Crippen molar-refractivity contribution in [3.05, 3.63) is 99.6 Å². The molecule has 34 heavy (non-hydrogen) atoms. The Morgan fingerprint density at radius 1 is 0.706 bits per heavy atom. The zero-order chi connectivity index (χ0) is 26.7. The van der Waals surface area contributed by atoms with Gasteiger partial charge in [0.1, 0.15) is 5.82 Å². The summed E-state index contributed by atoms with van der Waals surface area (Å²) < 4.78 is 12.9. The maximum Gasteiger partial charge on any atom is 0.126 e. The molecule has 1 nitrogen and oxygen atoms in total. The van der Waals surface area contributed by atoms with Gasteiger partial charge in [-0.15, -0.1) is 0 Å². The second-order valence-electron chi connectivity index (χ2n) is 8.12. The van der Waals surface area contributed by atoms with Crippen molar-refractivity contribution < 1.29 is 4.39 Å². The number of benzene rings is 2. The summed E-state index contributed by atoms with van der Waals surface area (Å²) in [6.07, 6.45) is 3.86. The predicted octanol–water partition coefficient (Wildman–Crippen LogP) is 10.1. The molecule has 3 rings (SSSR count). The highest BCUT2D eigenvalue weighted by molar-refractivity contribution is 5.30. The molecule has 2 aromatic carbocycles. The third-order valence-electron chi connectivity index (χ3n) is 5.07. The van der Waals surface area contributed by atoms with Gasteiger partial charge in [0.15, 0.2) is 0 Å². The third-order valence-corrected chi connectivity index (χ3v) is 5.07. The highest BCUT2D eigenvalue weighted by Crippen LogP contribution is 2.12. The Balaban J connectivity index is 0. The van der Waals surface area contributed by atoms with Crippen LogP contribution in [0.2, 0.25) is 0 Å². The molecule has 2 heteroatoms. The van der Waals surface area contributed by atoms with Crippen molar-refractivity contribution in [2.45, 2.75) is 102 Å². The van der Waals surface area contributed by atoms with E-state index in [1.54, 1.807) is 6.07 Å². The van der Waals surface area contributed by atoms with Crippen LogP contribution in [0.5, 0.6) is 0 Å². The van der Waals surface area contributed by atoms with Crippen LogP contribution >= 0.6 is 0 Å². The molecule has 1 heterocycles. The van der Waals surface area contributed by atoms with Gasteiger partial charge in [-0.3, -0.25) is 4.98 Å². The van der Waals surface area contributed by atoms with Crippen molar-refractivity contribution in [2.24, 2.45) is 0 Å². The minimum atomic E-state index is -0.0810. The number of pyridine rings is 1. The van der Waals surface area contributed by atoms with Crippen molar-refractivity contribution in [1.29, 1.82) is 0 Å². The van der Waals surface area contributed by atoms with Gasteiger partial charge in [-0.25, -0.2) is 4.39 Å². The maximum atomic E-state index is 12.9. The first-order valence-corrected chi connectivity index (χ1v) is 12.9. The summed E-state index contributed by atoms with van der Waals surface area (Å²) in [5.41, 5.74) is 8.41. The number of rotatable bonds is 3. The van der Waals surface area contributed by atoms with Crippen molar-refractivity contribution in [3.8, 4) is 0 Å². The summed E-state index contributed by atoms with van der Waals surface area (Å²) in [4.78, 5) is 4.20. The van der Waals surface area contributed by atoms with Crippen molar-refractivity contribution in [1.82, 2.24) is 4.98 Å². The quantitative estimate of drug-likeness (QED) is 0.373. The van der Waals surface area contributed by atoms with E-state index in [1.807, 2.05) is 66.8 Å². The second kappa shape index (κ2) is 19.9. The lowest BCUT2D eigenvalue weighted by Gasteiger charge is -2.02. The Bertz CT molecular complexity index is 844. The van der Waals surface area contributed by atoms with Crippen LogP contribution in [-0.4, -0.2) is 4.98 Å². The number of aromatic nitrogens is 1. The van der Waals surface area contributed by atoms with E-state index in [9.17, 15) is 4.39 Å². The van der Waals surface area contributed by atoms with E-state index in [1.165, 1.54) is 22.3 Å². The highest BCUT2D eigenvalue weighted by Gasteiger charge is 1.98. The molecule has 0 aliphatic carbocycles. The molecule has 0 N–H and O–H groups in total. The van der Waals surface area contributed by atoms with Crippen LogP contribution in [0.25, 0.3) is 0 Å². The average Bonchev–Trinajstić information content (AvgIpc) is 2.83. The van der Waals surface area contributed by atoms with E-state index in [-0.39, 0.29) is 5.82 Å². The zero-order valence-electron chi connectivity index (χ0n) is 24.0. The van der Waals surface area contributed by atoms with Crippen molar-refractivity contribution in [3.63, 3.8) is 0 Å². The Labute approximate surface area is 210 Å². The van der Waals surface area contributed by atoms with Crippen molar-refractivity contribution >= 4 is 0 Å². The minimum Gasteiger partial charge on any atom is -0.261 e. The highest BCUT2D eigenvalue weighted by atomic mass is 19.1. The van der Waals surface area contributed by atoms with Gasteiger partial charge in [0, 0.05) is 11.9 Å². The molecule has 3 aromatic rings. The fourth-order valence-electron chi connectivity index (χ4n) is 3.00. The van der Waals surface area contributed by atoms with E-state index in [4.69, 9.17) is 0 Å². The first kappa shape index (κ1) is 33.7. The molecule has 0 fully saturated rings. The van der Waals surface area contributed by atoms with Gasteiger partial charge in [-0.05, 0) is 86.4 Å². The molecular weight excluding hydrogens is 417 g/mol. The van der Waals surface area contributed by atoms with Crippen LogP contribution in [0.3, 0.4) is 0 Å². The second-order valence-corrected chi connectivity index (χ2v) is 8.12. The fraction of sp³-hybridized carbons (Fsp3) is 0.469. The van der Waals surface area contributed by atoms with Gasteiger partial charge in [0.2, 0.25) is 0 Å². The lowest BCUT2D eigenvalue weighted by atomic mass is 10.0. The van der Waals surface area contributed by atoms with E-state index in [0.717, 1.165) is 29.7 Å². The Morgan fingerprint density at radius 2 is 1.21 bits per heavy atom. The van der Waals surface area contributed by atoms with Crippen LogP contribution in [0.15, 0.2) is 54.7 Å². The monoisotopic (exact) mass is 467 g/mol. The first-order chi connectivity index (χ1) is 16.2. The van der Waals surface area contributed by atoms with Crippen LogP contribution in [0.4, 0.5) is 4.39 Å². The Morgan fingerprint density at radius 3 is 1.59 bits per heavy atom. The molecule has 0 saturated carbocycles. The fourth-order valence-corrected chi connectivity index (χ4v) is 3.00. The van der Waals surface area contributed by atoms with Crippen LogP contribution in [-0.2, 0) is 12.8 Å². The molecule has 0 aliphatic heterocycles. The lowest BCUT2D eigenvalue weighted by Crippen LogP contribution is -1.88. The number of halogens is 1. The van der Waals surface area contributed by atoms with E-state index in [2.05, 4.69) is 69.9 Å². The SMILES string of the molecule is CC.CC.CCc1ccc(C)cc1C.CCc1ccc(C)cc1F.Cc1ccc(C(C)C)cn1. The van der Waals surface area contributed by atoms with Gasteiger partial charge in [-0.1, -0.05) is 97.4 Å². The minimum absolute atomic E-state index is 0.0810. The molecule has 190 valence electrons. The summed E-state index contributed by atoms with van der Waals surface area (Å²) in [5.74, 6) is 0.510. The average molecular weight is 468 g/mol. The molecule has 0 saturated heterocycles. The van der Waals surface area contributed by atoms with E-state index < -0.39 is 0 Å². The van der Waals surface area contributed by atoms with Gasteiger partial charge in [-0.2, -0.15) is 0 Å². The van der Waals surface area contributed by atoms with Crippen LogP contribution < -0.4 is 0 Å². The van der Waals surface area contributed by atoms with Crippen LogP contribution in [0.1, 0.15) is 100 Å². The number of hydrogen-bond acceptors (Lipinski definition) is 1. The molecule has 0 atom stereocenters. The summed E-state index contributed by atoms with van der Waals surface area (Å²) in [5, 5.41) is 0. The number of hydrogen-bond donors (Lipinski definition) is 0. The van der Waals surface area contributed by atoms with Gasteiger partial charge < -0.3 is 0 Å². The van der Waals surface area contributed by atoms with E-state index >= 15 is 0 Å². The van der Waals surface area contributed by atoms with Gasteiger partial charge in [0.05, 0.1) is 0 Å². The molecule has 0 amide bonds. The smallest absolute Gasteiger partial charge is 0.126 e. The van der Waals surface area contributed by atoms with Crippen molar-refractivity contribution in [2.75, 3.05) is 0 Å². The lowest BCUT2D eigenvalue weighted by molar-refractivity contribution is 0.611. The molecular formula is C32H50FN. The summed E-state index contributed by atoms with van der Waals surface area (Å²) in [6.45, 7) is 24.7. The Kier molecular flexibility index (Phi) is 19.8. The molecule has 0 radical (unpaired) electrons. The largest absolute Gasteiger partial charge is 0.261 e. The molecule has 1 aromatic heterocycles. The number of nitrogens with zero attached hydrogens (tertiary/aromatic N) is 1. The van der Waals surface area contributed by atoms with E-state index in [0.29, 0.717) is 5.92 Å². The van der Waals surface area contributed by atoms with Gasteiger partial charge in [0.25, 0.3) is 0 Å². The maximum absolute atomic E-state index is 12.9. The normalized spacial score (nSPS) is 9.24. The number of aryl methyl sites for hydroxylation is 6.